The van der Waals surface area contributed by atoms with Crippen LogP contribution in [-0.2, 0) is 9.47 Å². The van der Waals surface area contributed by atoms with Crippen LogP contribution in [0.15, 0.2) is 29.8 Å². The number of thiophene rings is 1. The Labute approximate surface area is 200 Å². The van der Waals surface area contributed by atoms with Crippen LogP contribution in [0.2, 0.25) is 0 Å². The number of nitrogens with zero attached hydrogens (tertiary/aromatic N) is 2. The van der Waals surface area contributed by atoms with Gasteiger partial charge >= 0.3 is 11.9 Å². The Balaban J connectivity index is 1.95. The van der Waals surface area contributed by atoms with E-state index in [1.807, 2.05) is 31.4 Å². The van der Waals surface area contributed by atoms with Crippen LogP contribution in [0.1, 0.15) is 48.7 Å². The van der Waals surface area contributed by atoms with E-state index in [2.05, 4.69) is 22.4 Å². The molecule has 0 saturated carbocycles. The molecule has 0 saturated heterocycles. The van der Waals surface area contributed by atoms with Crippen molar-refractivity contribution in [2.45, 2.75) is 27.7 Å². The third-order valence-electron chi connectivity index (χ3n) is 4.86. The highest BCUT2D eigenvalue weighted by Crippen LogP contribution is 2.35. The normalized spacial score (nSPS) is 11.1. The maximum Gasteiger partial charge on any atom is 0.348 e. The van der Waals surface area contributed by atoms with Gasteiger partial charge in [-0.05, 0) is 38.8 Å². The Morgan fingerprint density at radius 2 is 2.00 bits per heavy atom. The number of hydrogen-bond donors (Lipinski definition) is 1. The third kappa shape index (κ3) is 5.13. The Kier molecular flexibility index (Phi) is 7.63. The second kappa shape index (κ2) is 10.4. The third-order valence-corrected chi connectivity index (χ3v) is 6.94. The predicted molar refractivity (Wildman–Crippen MR) is 131 cm³/mol. The molecule has 1 aromatic carbocycles. The largest absolute Gasteiger partial charge is 0.465 e. The quantitative estimate of drug-likeness (QED) is 0.339. The van der Waals surface area contributed by atoms with Crippen molar-refractivity contribution in [3.8, 4) is 17.3 Å². The molecule has 0 aliphatic rings. The molecule has 0 aliphatic heterocycles. The van der Waals surface area contributed by atoms with E-state index in [0.29, 0.717) is 26.0 Å². The van der Waals surface area contributed by atoms with E-state index in [0.717, 1.165) is 28.2 Å². The van der Waals surface area contributed by atoms with Gasteiger partial charge in [0.15, 0.2) is 0 Å². The summed E-state index contributed by atoms with van der Waals surface area (Å²) in [5.41, 5.74) is 5.09. The Morgan fingerprint density at radius 3 is 2.64 bits per heavy atom. The van der Waals surface area contributed by atoms with Gasteiger partial charge < -0.3 is 14.8 Å². The maximum absolute atomic E-state index is 12.5. The average Bonchev–Trinajstić information content (AvgIpc) is 3.39. The summed E-state index contributed by atoms with van der Waals surface area (Å²) in [6.07, 6.45) is 1.49. The fraction of sp³-hybridized carbons (Fsp3) is 0.250. The van der Waals surface area contributed by atoms with Crippen LogP contribution in [-0.4, -0.2) is 30.6 Å². The highest BCUT2D eigenvalue weighted by molar-refractivity contribution is 7.18. The van der Waals surface area contributed by atoms with Crippen LogP contribution in [0.25, 0.3) is 16.8 Å². The zero-order valence-corrected chi connectivity index (χ0v) is 20.6. The van der Waals surface area contributed by atoms with Crippen molar-refractivity contribution < 1.29 is 19.1 Å². The number of nitrogens with one attached hydrogen (secondary N) is 1. The fourth-order valence-electron chi connectivity index (χ4n) is 3.25. The second-order valence-electron chi connectivity index (χ2n) is 7.14. The topological polar surface area (TPSA) is 101 Å². The maximum atomic E-state index is 12.5. The number of anilines is 1. The lowest BCUT2D eigenvalue weighted by Gasteiger charge is -2.05. The first kappa shape index (κ1) is 24.2. The van der Waals surface area contributed by atoms with Crippen LogP contribution in [0.3, 0.4) is 0 Å². The number of ether oxygens (including phenoxy) is 2. The number of carbonyl (C=O) groups excluding carboxylic acids is 2. The summed E-state index contributed by atoms with van der Waals surface area (Å²) in [7, 11) is 1.28. The second-order valence-corrected chi connectivity index (χ2v) is 9.02. The van der Waals surface area contributed by atoms with Gasteiger partial charge in [-0.15, -0.1) is 22.7 Å². The van der Waals surface area contributed by atoms with E-state index in [1.165, 1.54) is 30.2 Å². The number of esters is 2. The van der Waals surface area contributed by atoms with E-state index in [1.54, 1.807) is 13.8 Å². The molecule has 2 aromatic heterocycles. The molecular weight excluding hydrogens is 458 g/mol. The average molecular weight is 482 g/mol. The van der Waals surface area contributed by atoms with Gasteiger partial charge in [-0.25, -0.2) is 14.6 Å². The summed E-state index contributed by atoms with van der Waals surface area (Å²) in [6.45, 7) is 7.62. The monoisotopic (exact) mass is 481 g/mol. The number of benzene rings is 1. The Morgan fingerprint density at radius 1 is 1.24 bits per heavy atom. The molecule has 170 valence electrons. The first-order valence-corrected chi connectivity index (χ1v) is 11.8. The summed E-state index contributed by atoms with van der Waals surface area (Å²) in [6, 6.07) is 8.29. The van der Waals surface area contributed by atoms with Crippen molar-refractivity contribution in [3.63, 3.8) is 0 Å². The Hall–Kier alpha value is -3.48. The molecular formula is C24H23N3O4S2. The molecule has 3 aromatic rings. The van der Waals surface area contributed by atoms with Crippen LogP contribution in [0.5, 0.6) is 0 Å². The van der Waals surface area contributed by atoms with Crippen LogP contribution in [0.4, 0.5) is 5.00 Å². The molecule has 0 radical (unpaired) electrons. The molecule has 9 heteroatoms. The van der Waals surface area contributed by atoms with Gasteiger partial charge in [-0.3, -0.25) is 0 Å². The molecule has 0 atom stereocenters. The van der Waals surface area contributed by atoms with Crippen LogP contribution < -0.4 is 5.32 Å². The minimum atomic E-state index is -0.554. The summed E-state index contributed by atoms with van der Waals surface area (Å²) < 4.78 is 9.96. The lowest BCUT2D eigenvalue weighted by Crippen LogP contribution is -2.08. The van der Waals surface area contributed by atoms with Gasteiger partial charge in [0.05, 0.1) is 25.0 Å². The number of hydrogen-bond acceptors (Lipinski definition) is 9. The summed E-state index contributed by atoms with van der Waals surface area (Å²) in [4.78, 5) is 29.5. The molecule has 1 N–H and O–H groups in total. The number of aryl methyl sites for hydroxylation is 2. The van der Waals surface area contributed by atoms with E-state index in [-0.39, 0.29) is 12.2 Å². The van der Waals surface area contributed by atoms with Gasteiger partial charge in [0.1, 0.15) is 26.5 Å². The minimum Gasteiger partial charge on any atom is -0.465 e. The van der Waals surface area contributed by atoms with Crippen LogP contribution >= 0.6 is 22.7 Å². The summed E-state index contributed by atoms with van der Waals surface area (Å²) >= 11 is 2.42. The number of thiazole rings is 1. The highest BCUT2D eigenvalue weighted by atomic mass is 32.1. The van der Waals surface area contributed by atoms with E-state index in [4.69, 9.17) is 9.47 Å². The van der Waals surface area contributed by atoms with Crippen molar-refractivity contribution in [1.82, 2.24) is 4.98 Å². The van der Waals surface area contributed by atoms with Gasteiger partial charge in [0.2, 0.25) is 0 Å². The van der Waals surface area contributed by atoms with Crippen LogP contribution in [0, 0.1) is 32.1 Å². The molecule has 0 spiro atoms. The number of rotatable bonds is 7. The molecule has 0 unspecified atom stereocenters. The van der Waals surface area contributed by atoms with Crippen molar-refractivity contribution in [3.05, 3.63) is 61.9 Å². The molecule has 0 amide bonds. The van der Waals surface area contributed by atoms with E-state index < -0.39 is 11.9 Å². The lowest BCUT2D eigenvalue weighted by atomic mass is 10.0. The number of aromatic nitrogens is 1. The van der Waals surface area contributed by atoms with Crippen molar-refractivity contribution in [2.75, 3.05) is 19.0 Å². The zero-order chi connectivity index (χ0) is 24.1. The number of carbonyl (C=O) groups is 2. The molecule has 33 heavy (non-hydrogen) atoms. The Bertz CT molecular complexity index is 1280. The van der Waals surface area contributed by atoms with Gasteiger partial charge in [0, 0.05) is 17.1 Å². The fourth-order valence-corrected chi connectivity index (χ4v) is 5.12. The predicted octanol–water partition coefficient (Wildman–Crippen LogP) is 5.74. The minimum absolute atomic E-state index is 0.195. The lowest BCUT2D eigenvalue weighted by molar-refractivity contribution is 0.0527. The summed E-state index contributed by atoms with van der Waals surface area (Å²) in [5.74, 6) is -1.10. The smallest absolute Gasteiger partial charge is 0.348 e. The molecule has 3 rings (SSSR count). The standard InChI is InChI=1S/C24H23N3O4S2/c1-6-31-23(28)19-15(4)20(24(29)30-5)33-22(19)26-11-16(10-25)21-27-18(12-32-21)17-8-7-13(2)9-14(17)3/h7-9,11-12,26H,6H2,1-5H3. The molecule has 0 bridgehead atoms. The van der Waals surface area contributed by atoms with Gasteiger partial charge in [0.25, 0.3) is 0 Å². The molecule has 0 fully saturated rings. The number of allylic oxidation sites excluding steroid dienone is 1. The molecule has 7 nitrogen and oxygen atoms in total. The SMILES string of the molecule is CCOC(=O)c1c(NC=C(C#N)c2nc(-c3ccc(C)cc3C)cs2)sc(C(=O)OC)c1C. The summed E-state index contributed by atoms with van der Waals surface area (Å²) in [5, 5.41) is 15.6. The first-order valence-electron chi connectivity index (χ1n) is 10.1. The highest BCUT2D eigenvalue weighted by Gasteiger charge is 2.26. The number of methoxy groups -OCH3 is 1. The van der Waals surface area contributed by atoms with Crippen molar-refractivity contribution >= 4 is 45.2 Å². The number of nitriles is 1. The zero-order valence-electron chi connectivity index (χ0n) is 18.9. The molecule has 0 aliphatic carbocycles. The van der Waals surface area contributed by atoms with Gasteiger partial charge in [-0.1, -0.05) is 23.8 Å². The van der Waals surface area contributed by atoms with Crippen molar-refractivity contribution in [1.29, 1.82) is 5.26 Å². The molecule has 2 heterocycles. The van der Waals surface area contributed by atoms with E-state index in [9.17, 15) is 14.9 Å². The first-order chi connectivity index (χ1) is 15.8. The van der Waals surface area contributed by atoms with Crippen molar-refractivity contribution in [2.24, 2.45) is 0 Å². The van der Waals surface area contributed by atoms with E-state index >= 15 is 0 Å². The van der Waals surface area contributed by atoms with Gasteiger partial charge in [-0.2, -0.15) is 5.26 Å².